The monoisotopic (exact) mass is 439 g/mol. The fraction of sp³-hybridized carbons (Fsp3) is 0.667. The largest absolute Gasteiger partial charge is 0.420 e. The van der Waals surface area contributed by atoms with Crippen LogP contribution in [0.5, 0.6) is 0 Å². The normalized spacial score (nSPS) is 13.0. The fourth-order valence-corrected chi connectivity index (χ4v) is 1.14. The van der Waals surface area contributed by atoms with Crippen LogP contribution in [0.3, 0.4) is 0 Å². The van der Waals surface area contributed by atoms with Gasteiger partial charge in [-0.1, -0.05) is 13.8 Å². The zero-order valence-corrected chi connectivity index (χ0v) is 13.9. The molecule has 80 valence electrons. The summed E-state index contributed by atoms with van der Waals surface area (Å²) in [4.78, 5) is 0. The van der Waals surface area contributed by atoms with Gasteiger partial charge in [-0.25, -0.2) is 0 Å². The molecule has 3 nitrogen and oxygen atoms in total. The van der Waals surface area contributed by atoms with E-state index in [1.165, 1.54) is 0 Å². The molecule has 1 atom stereocenters. The van der Waals surface area contributed by atoms with Crippen molar-refractivity contribution in [1.82, 2.24) is 5.32 Å². The van der Waals surface area contributed by atoms with E-state index in [-0.39, 0.29) is 37.3 Å². The number of ether oxygens (including phenoxy) is 1. The molecule has 0 bridgehead atoms. The Kier molecular flexibility index (Phi) is 12.3. The van der Waals surface area contributed by atoms with Gasteiger partial charge in [-0.2, -0.15) is 12.6 Å². The third kappa shape index (κ3) is 9.14. The molecule has 2 N–H and O–H groups in total. The first-order chi connectivity index (χ1) is 6.10. The van der Waals surface area contributed by atoms with E-state index < -0.39 is 0 Å². The van der Waals surface area contributed by atoms with Gasteiger partial charge in [0.15, 0.2) is 0 Å². The summed E-state index contributed by atoms with van der Waals surface area (Å²) >= 11 is 4.13. The molecule has 0 aliphatic carbocycles. The van der Waals surface area contributed by atoms with Crippen molar-refractivity contribution in [2.45, 2.75) is 33.4 Å². The Labute approximate surface area is 115 Å². The second kappa shape index (κ2) is 10.1. The smallest absolute Gasteiger partial charge is 0.125 e. The molecule has 0 aromatic rings. The van der Waals surface area contributed by atoms with E-state index in [1.54, 1.807) is 6.92 Å². The fourth-order valence-electron chi connectivity index (χ4n) is 0.829. The molecule has 0 fully saturated rings. The quantitative estimate of drug-likeness (QED) is 0.257. The minimum atomic E-state index is -0.0376. The zero-order valence-electron chi connectivity index (χ0n) is 8.85. The van der Waals surface area contributed by atoms with Crippen LogP contribution in [0.4, 0.5) is 0 Å². The average Bonchev–Trinajstić information content (AvgIpc) is 2.02. The third-order valence-electron chi connectivity index (χ3n) is 1.34. The van der Waals surface area contributed by atoms with Crippen molar-refractivity contribution in [3.05, 3.63) is 11.1 Å². The van der Waals surface area contributed by atoms with Gasteiger partial charge in [0.2, 0.25) is 0 Å². The van der Waals surface area contributed by atoms with E-state index in [9.17, 15) is 0 Å². The summed E-state index contributed by atoms with van der Waals surface area (Å²) < 4.78 is 5.35. The number of rotatable bonds is 6. The number of hydrogen-bond acceptors (Lipinski definition) is 4. The molecule has 0 aromatic carbocycles. The maximum atomic E-state index is 7.17. The molecule has 0 saturated heterocycles. The topological polar surface area (TPSA) is 45.1 Å². The minimum absolute atomic E-state index is 0. The van der Waals surface area contributed by atoms with E-state index in [0.717, 1.165) is 6.42 Å². The Morgan fingerprint density at radius 2 is 2.14 bits per heavy atom. The van der Waals surface area contributed by atoms with Gasteiger partial charge in [0, 0.05) is 37.7 Å². The first kappa shape index (κ1) is 17.0. The molecule has 0 aliphatic rings. The average molecular weight is 439 g/mol. The summed E-state index contributed by atoms with van der Waals surface area (Å²) in [6.45, 7) is 6.28. The Balaban J connectivity index is 0. The number of allylic oxidation sites excluding steroid dienone is 1. The number of hydrogen-bond donors (Lipinski definition) is 3. The van der Waals surface area contributed by atoms with E-state index in [4.69, 9.17) is 10.1 Å². The molecule has 0 heterocycles. The van der Waals surface area contributed by atoms with Crippen molar-refractivity contribution < 1.29 is 35.9 Å². The van der Waals surface area contributed by atoms with Crippen molar-refractivity contribution in [3.8, 4) is 0 Å². The second-order valence-corrected chi connectivity index (χ2v) is 3.04. The summed E-state index contributed by atoms with van der Waals surface area (Å²) in [6.07, 6.45) is 3.56. The standard InChI is InChI=1S/C9H17N2OS.U/c1-4-8(12-5-2)11-9(13)6-7(3)10;/h8,10-11,13H,4-5H2,1-3H3;/q-1;. The van der Waals surface area contributed by atoms with Crippen LogP contribution in [0.15, 0.2) is 5.03 Å². The van der Waals surface area contributed by atoms with Crippen molar-refractivity contribution in [2.75, 3.05) is 6.61 Å². The van der Waals surface area contributed by atoms with Crippen molar-refractivity contribution >= 4 is 18.3 Å². The van der Waals surface area contributed by atoms with Crippen LogP contribution in [-0.4, -0.2) is 18.5 Å². The predicted molar refractivity (Wildman–Crippen MR) is 58.0 cm³/mol. The van der Waals surface area contributed by atoms with Crippen molar-refractivity contribution in [3.63, 3.8) is 0 Å². The number of nitrogens with one attached hydrogen (secondary N) is 2. The van der Waals surface area contributed by atoms with Crippen LogP contribution in [-0.2, 0) is 4.74 Å². The molecular weight excluding hydrogens is 422 g/mol. The maximum Gasteiger partial charge on any atom is 0.125 e. The van der Waals surface area contributed by atoms with Gasteiger partial charge >= 0.3 is 0 Å². The van der Waals surface area contributed by atoms with Crippen LogP contribution < -0.4 is 5.32 Å². The SMILES string of the molecule is CCOC(CC)NC(S)=[C-]C(C)=N.[U]. The van der Waals surface area contributed by atoms with E-state index in [2.05, 4.69) is 24.0 Å². The minimum Gasteiger partial charge on any atom is -0.420 e. The predicted octanol–water partition coefficient (Wildman–Crippen LogP) is 1.96. The first-order valence-electron chi connectivity index (χ1n) is 4.36. The van der Waals surface area contributed by atoms with Gasteiger partial charge in [-0.05, 0) is 13.3 Å². The summed E-state index contributed by atoms with van der Waals surface area (Å²) in [5, 5.41) is 10.7. The van der Waals surface area contributed by atoms with Crippen LogP contribution >= 0.6 is 12.6 Å². The summed E-state index contributed by atoms with van der Waals surface area (Å²) in [5.41, 5.74) is 0.351. The Bertz CT molecular complexity index is 197. The molecule has 0 radical (unpaired) electrons. The molecular formula is C9H17N2OSU-. The van der Waals surface area contributed by atoms with E-state index >= 15 is 0 Å². The van der Waals surface area contributed by atoms with Crippen LogP contribution in [0.1, 0.15) is 27.2 Å². The van der Waals surface area contributed by atoms with Gasteiger partial charge in [-0.3, -0.25) is 0 Å². The first-order valence-corrected chi connectivity index (χ1v) is 4.81. The summed E-state index contributed by atoms with van der Waals surface area (Å²) in [5.74, 6) is 0. The molecule has 0 rings (SSSR count). The Morgan fingerprint density at radius 3 is 2.50 bits per heavy atom. The van der Waals surface area contributed by atoms with Gasteiger partial charge < -0.3 is 21.5 Å². The van der Waals surface area contributed by atoms with Crippen LogP contribution in [0, 0.1) is 42.6 Å². The Morgan fingerprint density at radius 1 is 1.57 bits per heavy atom. The second-order valence-electron chi connectivity index (χ2n) is 2.60. The molecule has 5 heteroatoms. The summed E-state index contributed by atoms with van der Waals surface area (Å²) in [6, 6.07) is 0. The van der Waals surface area contributed by atoms with Crippen molar-refractivity contribution in [2.24, 2.45) is 0 Å². The molecule has 1 unspecified atom stereocenters. The molecule has 0 spiro atoms. The van der Waals surface area contributed by atoms with Gasteiger partial charge in [0.05, 0.1) is 0 Å². The molecule has 14 heavy (non-hydrogen) atoms. The van der Waals surface area contributed by atoms with Crippen molar-refractivity contribution in [1.29, 1.82) is 5.41 Å². The number of thiol groups is 1. The van der Waals surface area contributed by atoms with Crippen LogP contribution in [0.25, 0.3) is 0 Å². The molecule has 0 saturated carbocycles. The molecule has 0 aromatic heterocycles. The molecule has 0 amide bonds. The van der Waals surface area contributed by atoms with Gasteiger partial charge in [0.1, 0.15) is 6.23 Å². The summed E-state index contributed by atoms with van der Waals surface area (Å²) in [7, 11) is 0. The third-order valence-corrected chi connectivity index (χ3v) is 1.58. The zero-order chi connectivity index (χ0) is 10.3. The van der Waals surface area contributed by atoms with Gasteiger partial charge in [-0.15, -0.1) is 10.7 Å². The Hall–Kier alpha value is 0.572. The van der Waals surface area contributed by atoms with E-state index in [1.807, 2.05) is 13.8 Å². The molecule has 0 aliphatic heterocycles. The van der Waals surface area contributed by atoms with E-state index in [0.29, 0.717) is 17.3 Å². The van der Waals surface area contributed by atoms with Gasteiger partial charge in [0.25, 0.3) is 0 Å². The van der Waals surface area contributed by atoms with Crippen LogP contribution in [0.2, 0.25) is 0 Å². The maximum absolute atomic E-state index is 7.17.